The minimum Gasteiger partial charge on any atom is -0.466 e. The third-order valence-electron chi connectivity index (χ3n) is 4.45. The van der Waals surface area contributed by atoms with E-state index in [0.717, 1.165) is 8.96 Å². The summed E-state index contributed by atoms with van der Waals surface area (Å²) in [5.41, 5.74) is 1.51. The largest absolute Gasteiger partial charge is 0.466 e. The lowest BCUT2D eigenvalue weighted by molar-refractivity contribution is -0.154. The van der Waals surface area contributed by atoms with Crippen molar-refractivity contribution in [2.45, 2.75) is 46.5 Å². The molecule has 160 valence electrons. The molecule has 0 unspecified atom stereocenters. The first kappa shape index (κ1) is 25.6. The molecule has 7 heteroatoms. The van der Waals surface area contributed by atoms with E-state index in [9.17, 15) is 9.59 Å². The van der Waals surface area contributed by atoms with Crippen molar-refractivity contribution >= 4 is 43.8 Å². The number of benzene rings is 1. The number of carbonyl (C=O) groups is 2. The standard InChI is InChI=1S/C22H28Br2O5/c1-14(11-15(2)22(26)27-5)21(29-17(4)25)16(3)19(12-20(23)24)28-13-18-9-7-6-8-10-18/h6-12,14,16,19,21H,13H2,1-5H3/b15-11+/t14-,16-,19-,21+/m1/s1. The van der Waals surface area contributed by atoms with Gasteiger partial charge in [0.05, 0.1) is 23.2 Å². The third kappa shape index (κ3) is 9.28. The van der Waals surface area contributed by atoms with Crippen LogP contribution in [0.15, 0.2) is 51.4 Å². The van der Waals surface area contributed by atoms with Crippen molar-refractivity contribution in [1.82, 2.24) is 0 Å². The van der Waals surface area contributed by atoms with Crippen LogP contribution in [0.5, 0.6) is 0 Å². The van der Waals surface area contributed by atoms with Gasteiger partial charge in [-0.05, 0) is 50.4 Å². The first-order chi connectivity index (χ1) is 13.6. The molecule has 0 bridgehead atoms. The summed E-state index contributed by atoms with van der Waals surface area (Å²) in [6.45, 7) is 7.33. The lowest BCUT2D eigenvalue weighted by Gasteiger charge is -2.32. The molecular formula is C22H28Br2O5. The van der Waals surface area contributed by atoms with Crippen LogP contribution in [0.25, 0.3) is 0 Å². The van der Waals surface area contributed by atoms with Crippen molar-refractivity contribution in [2.24, 2.45) is 11.8 Å². The molecule has 0 radical (unpaired) electrons. The Morgan fingerprint density at radius 2 is 1.69 bits per heavy atom. The van der Waals surface area contributed by atoms with Crippen LogP contribution >= 0.6 is 31.9 Å². The highest BCUT2D eigenvalue weighted by molar-refractivity contribution is 9.28. The highest BCUT2D eigenvalue weighted by Crippen LogP contribution is 2.28. The minimum atomic E-state index is -0.497. The van der Waals surface area contributed by atoms with E-state index in [1.54, 1.807) is 13.0 Å². The van der Waals surface area contributed by atoms with Crippen molar-refractivity contribution in [1.29, 1.82) is 0 Å². The number of esters is 2. The molecule has 0 aliphatic carbocycles. The topological polar surface area (TPSA) is 61.8 Å². The van der Waals surface area contributed by atoms with Crippen LogP contribution in [0.4, 0.5) is 0 Å². The molecule has 0 saturated carbocycles. The van der Waals surface area contributed by atoms with Gasteiger partial charge in [-0.2, -0.15) is 0 Å². The molecule has 0 heterocycles. The highest BCUT2D eigenvalue weighted by Gasteiger charge is 2.32. The minimum absolute atomic E-state index is 0.190. The molecule has 0 saturated heterocycles. The zero-order valence-corrected chi connectivity index (χ0v) is 20.5. The zero-order valence-electron chi connectivity index (χ0n) is 17.4. The fourth-order valence-electron chi connectivity index (χ4n) is 3.03. The van der Waals surface area contributed by atoms with Crippen molar-refractivity contribution < 1.29 is 23.8 Å². The summed E-state index contributed by atoms with van der Waals surface area (Å²) in [6.07, 6.45) is 2.80. The Bertz CT molecular complexity index is 726. The molecule has 0 spiro atoms. The van der Waals surface area contributed by atoms with Gasteiger partial charge in [-0.15, -0.1) is 0 Å². The van der Waals surface area contributed by atoms with E-state index in [1.807, 2.05) is 50.3 Å². The van der Waals surface area contributed by atoms with Crippen molar-refractivity contribution in [2.75, 3.05) is 7.11 Å². The molecule has 5 nitrogen and oxygen atoms in total. The molecule has 0 amide bonds. The molecule has 0 N–H and O–H groups in total. The Hall–Kier alpha value is -1.44. The van der Waals surface area contributed by atoms with Crippen LogP contribution in [0, 0.1) is 11.8 Å². The molecule has 4 atom stereocenters. The summed E-state index contributed by atoms with van der Waals surface area (Å²) < 4.78 is 17.3. The SMILES string of the molecule is COC(=O)/C(C)=C/[C@@H](C)[C@H](OC(C)=O)[C@H](C)[C@@H](C=C(Br)Br)OCc1ccccc1. The molecule has 0 aliphatic heterocycles. The van der Waals surface area contributed by atoms with Crippen LogP contribution in [-0.2, 0) is 30.4 Å². The number of methoxy groups -OCH3 is 1. The summed E-state index contributed by atoms with van der Waals surface area (Å²) in [7, 11) is 1.34. The quantitative estimate of drug-likeness (QED) is 0.293. The fourth-order valence-corrected chi connectivity index (χ4v) is 3.55. The van der Waals surface area contributed by atoms with E-state index in [1.165, 1.54) is 14.0 Å². The van der Waals surface area contributed by atoms with Gasteiger partial charge in [0.1, 0.15) is 6.10 Å². The molecule has 29 heavy (non-hydrogen) atoms. The van der Waals surface area contributed by atoms with Crippen LogP contribution < -0.4 is 0 Å². The molecular weight excluding hydrogens is 504 g/mol. The fraction of sp³-hybridized carbons (Fsp3) is 0.455. The summed E-state index contributed by atoms with van der Waals surface area (Å²) in [6, 6.07) is 9.84. The average Bonchev–Trinajstić information content (AvgIpc) is 2.68. The summed E-state index contributed by atoms with van der Waals surface area (Å²) in [5.74, 6) is -1.21. The Morgan fingerprint density at radius 3 is 2.21 bits per heavy atom. The van der Waals surface area contributed by atoms with Crippen LogP contribution in [0.3, 0.4) is 0 Å². The van der Waals surface area contributed by atoms with E-state index < -0.39 is 12.1 Å². The van der Waals surface area contributed by atoms with E-state index in [0.29, 0.717) is 12.2 Å². The molecule has 0 aromatic heterocycles. The summed E-state index contributed by atoms with van der Waals surface area (Å²) >= 11 is 6.78. The van der Waals surface area contributed by atoms with Gasteiger partial charge >= 0.3 is 11.9 Å². The number of hydrogen-bond acceptors (Lipinski definition) is 5. The average molecular weight is 532 g/mol. The van der Waals surface area contributed by atoms with Gasteiger partial charge in [-0.3, -0.25) is 4.79 Å². The van der Waals surface area contributed by atoms with E-state index in [-0.39, 0.29) is 23.9 Å². The summed E-state index contributed by atoms with van der Waals surface area (Å²) in [5, 5.41) is 0. The van der Waals surface area contributed by atoms with Gasteiger partial charge in [0.2, 0.25) is 0 Å². The van der Waals surface area contributed by atoms with Crippen LogP contribution in [-0.4, -0.2) is 31.3 Å². The maximum Gasteiger partial charge on any atom is 0.333 e. The van der Waals surface area contributed by atoms with Gasteiger partial charge in [-0.25, -0.2) is 4.79 Å². The first-order valence-corrected chi connectivity index (χ1v) is 10.9. The van der Waals surface area contributed by atoms with Crippen molar-refractivity contribution in [3.05, 3.63) is 57.0 Å². The Labute approximate surface area is 189 Å². The van der Waals surface area contributed by atoms with Gasteiger partial charge < -0.3 is 14.2 Å². The number of halogens is 2. The highest BCUT2D eigenvalue weighted by atomic mass is 79.9. The van der Waals surface area contributed by atoms with Gasteiger partial charge in [0, 0.05) is 24.3 Å². The Morgan fingerprint density at radius 1 is 1.07 bits per heavy atom. The number of carbonyl (C=O) groups excluding carboxylic acids is 2. The second-order valence-corrected chi connectivity index (χ2v) is 9.62. The molecule has 0 aliphatic rings. The van der Waals surface area contributed by atoms with Crippen LogP contribution in [0.2, 0.25) is 0 Å². The van der Waals surface area contributed by atoms with E-state index in [2.05, 4.69) is 31.9 Å². The lowest BCUT2D eigenvalue weighted by atomic mass is 9.87. The predicted octanol–water partition coefficient (Wildman–Crippen LogP) is 5.53. The summed E-state index contributed by atoms with van der Waals surface area (Å²) in [4.78, 5) is 23.5. The van der Waals surface area contributed by atoms with Crippen molar-refractivity contribution in [3.8, 4) is 0 Å². The first-order valence-electron chi connectivity index (χ1n) is 9.28. The molecule has 1 aromatic carbocycles. The van der Waals surface area contributed by atoms with E-state index in [4.69, 9.17) is 14.2 Å². The van der Waals surface area contributed by atoms with Gasteiger partial charge in [0.25, 0.3) is 0 Å². The number of ether oxygens (including phenoxy) is 3. The molecule has 1 aromatic rings. The number of rotatable bonds is 10. The second-order valence-electron chi connectivity index (χ2n) is 6.85. The zero-order chi connectivity index (χ0) is 22.0. The van der Waals surface area contributed by atoms with Crippen LogP contribution in [0.1, 0.15) is 33.3 Å². The van der Waals surface area contributed by atoms with E-state index >= 15 is 0 Å². The smallest absolute Gasteiger partial charge is 0.333 e. The molecule has 0 fully saturated rings. The maximum atomic E-state index is 11.8. The molecule has 1 rings (SSSR count). The van der Waals surface area contributed by atoms with Gasteiger partial charge in [0.15, 0.2) is 0 Å². The maximum absolute atomic E-state index is 11.8. The monoisotopic (exact) mass is 530 g/mol. The number of hydrogen-bond donors (Lipinski definition) is 0. The Kier molecular flexibility index (Phi) is 11.5. The third-order valence-corrected chi connectivity index (χ3v) is 4.98. The predicted molar refractivity (Wildman–Crippen MR) is 121 cm³/mol. The van der Waals surface area contributed by atoms with Crippen molar-refractivity contribution in [3.63, 3.8) is 0 Å². The van der Waals surface area contributed by atoms with Gasteiger partial charge in [-0.1, -0.05) is 50.3 Å². The second kappa shape index (κ2) is 13.0. The Balaban J connectivity index is 3.09. The normalized spacial score (nSPS) is 15.6. The lowest BCUT2D eigenvalue weighted by Crippen LogP contribution is -2.37.